The normalized spacial score (nSPS) is 19.3. The SMILES string of the molecule is O=[N+]([O-])c1cn(-c2ccc(OCC3CO3)cc2)nc1-c1ccc(OCC2CO2)cc1. The molecule has 0 radical (unpaired) electrons. The molecule has 9 nitrogen and oxygen atoms in total. The molecule has 0 saturated carbocycles. The van der Waals surface area contributed by atoms with Gasteiger partial charge in [0, 0.05) is 5.56 Å². The van der Waals surface area contributed by atoms with Crippen LogP contribution >= 0.6 is 0 Å². The van der Waals surface area contributed by atoms with Crippen molar-refractivity contribution in [2.24, 2.45) is 0 Å². The maximum atomic E-state index is 11.6. The Labute approximate surface area is 171 Å². The summed E-state index contributed by atoms with van der Waals surface area (Å²) in [6.45, 7) is 2.48. The molecule has 1 aromatic heterocycles. The summed E-state index contributed by atoms with van der Waals surface area (Å²) in [5.41, 5.74) is 1.56. The summed E-state index contributed by atoms with van der Waals surface area (Å²) >= 11 is 0. The third-order valence-electron chi connectivity index (χ3n) is 4.80. The van der Waals surface area contributed by atoms with Crippen molar-refractivity contribution in [2.45, 2.75) is 12.2 Å². The van der Waals surface area contributed by atoms with Gasteiger partial charge in [-0.3, -0.25) is 10.1 Å². The maximum absolute atomic E-state index is 11.6. The lowest BCUT2D eigenvalue weighted by molar-refractivity contribution is -0.384. The van der Waals surface area contributed by atoms with E-state index in [1.54, 1.807) is 48.5 Å². The van der Waals surface area contributed by atoms with Crippen molar-refractivity contribution < 1.29 is 23.9 Å². The highest BCUT2D eigenvalue weighted by molar-refractivity contribution is 5.70. The average Bonchev–Trinajstić information content (AvgIpc) is 3.70. The number of ether oxygens (including phenoxy) is 4. The van der Waals surface area contributed by atoms with Gasteiger partial charge in [0.1, 0.15) is 43.1 Å². The van der Waals surface area contributed by atoms with Crippen molar-refractivity contribution in [2.75, 3.05) is 26.4 Å². The Morgan fingerprint density at radius 2 is 1.50 bits per heavy atom. The number of nitrogens with zero attached hydrogens (tertiary/aromatic N) is 3. The topological polar surface area (TPSA) is 104 Å². The van der Waals surface area contributed by atoms with Crippen LogP contribution in [0, 0.1) is 10.1 Å². The number of benzene rings is 2. The number of hydrogen-bond acceptors (Lipinski definition) is 7. The highest BCUT2D eigenvalue weighted by atomic mass is 16.6. The van der Waals surface area contributed by atoms with Crippen molar-refractivity contribution in [1.82, 2.24) is 9.78 Å². The molecule has 0 N–H and O–H groups in total. The zero-order valence-electron chi connectivity index (χ0n) is 16.0. The van der Waals surface area contributed by atoms with Crippen molar-refractivity contribution >= 4 is 5.69 Å². The summed E-state index contributed by atoms with van der Waals surface area (Å²) < 4.78 is 23.0. The molecule has 0 spiro atoms. The summed E-state index contributed by atoms with van der Waals surface area (Å²) in [5, 5.41) is 16.0. The van der Waals surface area contributed by atoms with Crippen LogP contribution in [0.2, 0.25) is 0 Å². The highest BCUT2D eigenvalue weighted by Gasteiger charge is 2.24. The molecule has 3 aromatic rings. The molecule has 0 aliphatic carbocycles. The van der Waals surface area contributed by atoms with E-state index >= 15 is 0 Å². The van der Waals surface area contributed by atoms with Crippen LogP contribution in [0.25, 0.3) is 16.9 Å². The second-order valence-corrected chi connectivity index (χ2v) is 7.12. The van der Waals surface area contributed by atoms with Crippen molar-refractivity contribution in [3.05, 3.63) is 64.8 Å². The van der Waals surface area contributed by atoms with Crippen LogP contribution in [0.1, 0.15) is 0 Å². The molecule has 2 fully saturated rings. The van der Waals surface area contributed by atoms with Crippen LogP contribution in [0.3, 0.4) is 0 Å². The van der Waals surface area contributed by atoms with E-state index in [1.807, 2.05) is 0 Å². The van der Waals surface area contributed by atoms with E-state index in [4.69, 9.17) is 18.9 Å². The molecule has 2 aromatic carbocycles. The van der Waals surface area contributed by atoms with Gasteiger partial charge in [-0.15, -0.1) is 0 Å². The van der Waals surface area contributed by atoms with E-state index in [9.17, 15) is 10.1 Å². The van der Waals surface area contributed by atoms with E-state index in [-0.39, 0.29) is 17.9 Å². The first kappa shape index (κ1) is 18.6. The van der Waals surface area contributed by atoms with Crippen molar-refractivity contribution in [1.29, 1.82) is 0 Å². The quantitative estimate of drug-likeness (QED) is 0.304. The molecule has 154 valence electrons. The van der Waals surface area contributed by atoms with Gasteiger partial charge < -0.3 is 18.9 Å². The average molecular weight is 409 g/mol. The summed E-state index contributed by atoms with van der Waals surface area (Å²) in [4.78, 5) is 11.2. The Hall–Kier alpha value is -3.43. The zero-order valence-corrected chi connectivity index (χ0v) is 16.0. The molecule has 0 amide bonds. The first-order chi connectivity index (χ1) is 14.7. The molecule has 2 atom stereocenters. The lowest BCUT2D eigenvalue weighted by Gasteiger charge is -2.06. The Bertz CT molecular complexity index is 1040. The lowest BCUT2D eigenvalue weighted by Crippen LogP contribution is -2.04. The van der Waals surface area contributed by atoms with Gasteiger partial charge in [-0.1, -0.05) is 0 Å². The summed E-state index contributed by atoms with van der Waals surface area (Å²) in [6, 6.07) is 14.3. The molecule has 0 bridgehead atoms. The second-order valence-electron chi connectivity index (χ2n) is 7.12. The predicted octanol–water partition coefficient (Wildman–Crippen LogP) is 3.00. The fraction of sp³-hybridized carbons (Fsp3) is 0.286. The van der Waals surface area contributed by atoms with Gasteiger partial charge in [0.2, 0.25) is 0 Å². The minimum absolute atomic E-state index is 0.0683. The zero-order chi connectivity index (χ0) is 20.5. The van der Waals surface area contributed by atoms with Gasteiger partial charge in [-0.05, 0) is 48.5 Å². The molecule has 9 heteroatoms. The minimum atomic E-state index is -0.430. The summed E-state index contributed by atoms with van der Waals surface area (Å²) in [5.74, 6) is 1.40. The van der Waals surface area contributed by atoms with E-state index < -0.39 is 4.92 Å². The molecule has 2 aliphatic rings. The van der Waals surface area contributed by atoms with Gasteiger partial charge >= 0.3 is 5.69 Å². The predicted molar refractivity (Wildman–Crippen MR) is 106 cm³/mol. The molecule has 2 aliphatic heterocycles. The third kappa shape index (κ3) is 4.27. The number of nitro groups is 1. The lowest BCUT2D eigenvalue weighted by atomic mass is 10.1. The summed E-state index contributed by atoms with van der Waals surface area (Å²) in [7, 11) is 0. The largest absolute Gasteiger partial charge is 0.491 e. The molecule has 3 heterocycles. The van der Waals surface area contributed by atoms with Gasteiger partial charge in [-0.25, -0.2) is 4.68 Å². The first-order valence-corrected chi connectivity index (χ1v) is 9.59. The Morgan fingerprint density at radius 1 is 0.967 bits per heavy atom. The third-order valence-corrected chi connectivity index (χ3v) is 4.80. The maximum Gasteiger partial charge on any atom is 0.315 e. The Morgan fingerprint density at radius 3 is 2.00 bits per heavy atom. The highest BCUT2D eigenvalue weighted by Crippen LogP contribution is 2.31. The molecule has 2 saturated heterocycles. The smallest absolute Gasteiger partial charge is 0.315 e. The van der Waals surface area contributed by atoms with Crippen LogP contribution < -0.4 is 9.47 Å². The molecule has 30 heavy (non-hydrogen) atoms. The Balaban J connectivity index is 1.35. The van der Waals surface area contributed by atoms with E-state index in [1.165, 1.54) is 10.9 Å². The molecular formula is C21H19N3O6. The number of rotatable bonds is 9. The van der Waals surface area contributed by atoms with E-state index in [0.717, 1.165) is 13.2 Å². The van der Waals surface area contributed by atoms with Gasteiger partial charge in [-0.2, -0.15) is 5.10 Å². The van der Waals surface area contributed by atoms with E-state index in [0.29, 0.717) is 41.7 Å². The van der Waals surface area contributed by atoms with Crippen LogP contribution in [-0.2, 0) is 9.47 Å². The molecule has 5 rings (SSSR count). The number of aromatic nitrogens is 2. The fourth-order valence-electron chi connectivity index (χ4n) is 2.95. The standard InChI is InChI=1S/C21H19N3O6/c25-24(26)20-9-23(15-3-7-17(8-4-15)28-11-19-13-30-19)22-21(20)14-1-5-16(6-2-14)27-10-18-12-29-18/h1-9,18-19H,10-13H2. The van der Waals surface area contributed by atoms with Crippen LogP contribution in [0.15, 0.2) is 54.7 Å². The molecule has 2 unspecified atom stereocenters. The van der Waals surface area contributed by atoms with Crippen molar-refractivity contribution in [3.63, 3.8) is 0 Å². The van der Waals surface area contributed by atoms with Crippen molar-refractivity contribution in [3.8, 4) is 28.4 Å². The first-order valence-electron chi connectivity index (χ1n) is 9.59. The number of epoxide rings is 2. The van der Waals surface area contributed by atoms with Gasteiger partial charge in [0.25, 0.3) is 0 Å². The fourth-order valence-corrected chi connectivity index (χ4v) is 2.95. The number of hydrogen-bond donors (Lipinski definition) is 0. The second kappa shape index (κ2) is 7.77. The van der Waals surface area contributed by atoms with Crippen LogP contribution in [0.4, 0.5) is 5.69 Å². The minimum Gasteiger partial charge on any atom is -0.491 e. The van der Waals surface area contributed by atoms with Gasteiger partial charge in [0.05, 0.1) is 23.8 Å². The van der Waals surface area contributed by atoms with Crippen LogP contribution in [0.5, 0.6) is 11.5 Å². The Kier molecular flexibility index (Phi) is 4.82. The molecular weight excluding hydrogens is 390 g/mol. The van der Waals surface area contributed by atoms with Gasteiger partial charge in [0.15, 0.2) is 5.69 Å². The summed E-state index contributed by atoms with van der Waals surface area (Å²) in [6.07, 6.45) is 1.76. The van der Waals surface area contributed by atoms with Crippen LogP contribution in [-0.4, -0.2) is 53.3 Å². The monoisotopic (exact) mass is 409 g/mol. The van der Waals surface area contributed by atoms with E-state index in [2.05, 4.69) is 5.10 Å².